The molecule has 0 fully saturated rings. The molecule has 0 aliphatic carbocycles. The van der Waals surface area contributed by atoms with E-state index in [4.69, 9.17) is 5.26 Å². The molecule has 21 heavy (non-hydrogen) atoms. The molecule has 8 heteroatoms. The lowest BCUT2D eigenvalue weighted by molar-refractivity contribution is 0.593. The summed E-state index contributed by atoms with van der Waals surface area (Å²) < 4.78 is 26.0. The largest absolute Gasteiger partial charge is 0.357 e. The highest BCUT2D eigenvalue weighted by Crippen LogP contribution is 2.21. The second kappa shape index (κ2) is 5.76. The average molecular weight is 303 g/mol. The van der Waals surface area contributed by atoms with Crippen molar-refractivity contribution in [1.29, 1.82) is 5.26 Å². The minimum absolute atomic E-state index is 0.00615. The van der Waals surface area contributed by atoms with Crippen LogP contribution in [-0.4, -0.2) is 32.5 Å². The van der Waals surface area contributed by atoms with Crippen LogP contribution in [0, 0.1) is 11.3 Å². The molecular weight excluding hydrogens is 290 g/mol. The first-order valence-electron chi connectivity index (χ1n) is 5.98. The van der Waals surface area contributed by atoms with E-state index in [9.17, 15) is 8.42 Å². The lowest BCUT2D eigenvalue weighted by Gasteiger charge is -2.19. The van der Waals surface area contributed by atoms with E-state index in [2.05, 4.69) is 15.3 Å². The fourth-order valence-electron chi connectivity index (χ4n) is 1.62. The predicted molar refractivity (Wildman–Crippen MR) is 78.3 cm³/mol. The van der Waals surface area contributed by atoms with E-state index in [0.29, 0.717) is 17.2 Å². The Morgan fingerprint density at radius 3 is 2.24 bits per heavy atom. The summed E-state index contributed by atoms with van der Waals surface area (Å²) in [5.74, 6) is 0.343. The molecule has 1 N–H and O–H groups in total. The normalized spacial score (nSPS) is 10.7. The van der Waals surface area contributed by atoms with Crippen molar-refractivity contribution in [3.8, 4) is 6.07 Å². The van der Waals surface area contributed by atoms with E-state index in [1.165, 1.54) is 19.4 Å². The Morgan fingerprint density at radius 2 is 1.76 bits per heavy atom. The zero-order valence-electron chi connectivity index (χ0n) is 11.5. The molecule has 0 saturated heterocycles. The van der Waals surface area contributed by atoms with Crippen molar-refractivity contribution < 1.29 is 8.42 Å². The van der Waals surface area contributed by atoms with Crippen molar-refractivity contribution in [2.75, 3.05) is 23.7 Å². The predicted octanol–water partition coefficient (Wildman–Crippen LogP) is 1.22. The molecule has 1 aromatic carbocycles. The Morgan fingerprint density at radius 1 is 1.19 bits per heavy atom. The summed E-state index contributed by atoms with van der Waals surface area (Å²) >= 11 is 0. The number of nitrogens with zero attached hydrogens (tertiary/aromatic N) is 4. The molecular formula is C13H13N5O2S. The van der Waals surface area contributed by atoms with Crippen LogP contribution in [0.5, 0.6) is 0 Å². The second-order valence-corrected chi connectivity index (χ2v) is 6.09. The third-order valence-corrected chi connectivity index (χ3v) is 4.61. The highest BCUT2D eigenvalue weighted by Gasteiger charge is 2.22. The Labute approximate surface area is 122 Å². The smallest absolute Gasteiger partial charge is 0.267 e. The Hall–Kier alpha value is -2.66. The number of nitriles is 1. The molecule has 7 nitrogen and oxygen atoms in total. The fraction of sp³-hybridized carbons (Fsp3) is 0.154. The van der Waals surface area contributed by atoms with Gasteiger partial charge in [-0.15, -0.1) is 0 Å². The van der Waals surface area contributed by atoms with E-state index >= 15 is 0 Å². The van der Waals surface area contributed by atoms with Crippen LogP contribution < -0.4 is 9.62 Å². The van der Waals surface area contributed by atoms with Crippen LogP contribution in [0.4, 0.5) is 11.6 Å². The zero-order chi connectivity index (χ0) is 15.5. The third-order valence-electron chi connectivity index (χ3n) is 2.87. The molecule has 2 rings (SSSR count). The Bertz CT molecular complexity index is 764. The molecule has 1 aromatic heterocycles. The van der Waals surface area contributed by atoms with Crippen LogP contribution in [0.1, 0.15) is 5.56 Å². The first kappa shape index (κ1) is 14.7. The van der Waals surface area contributed by atoms with Gasteiger partial charge in [0.15, 0.2) is 0 Å². The molecule has 108 valence electrons. The molecule has 0 radical (unpaired) electrons. The van der Waals surface area contributed by atoms with E-state index < -0.39 is 10.0 Å². The van der Waals surface area contributed by atoms with Gasteiger partial charge in [-0.3, -0.25) is 4.31 Å². The van der Waals surface area contributed by atoms with Crippen LogP contribution in [0.15, 0.2) is 41.6 Å². The number of aromatic nitrogens is 2. The quantitative estimate of drug-likeness (QED) is 0.911. The number of nitrogens with one attached hydrogen (secondary N) is 1. The van der Waals surface area contributed by atoms with Gasteiger partial charge < -0.3 is 5.32 Å². The number of benzene rings is 1. The maximum absolute atomic E-state index is 12.4. The second-order valence-electron chi connectivity index (χ2n) is 4.12. The van der Waals surface area contributed by atoms with Gasteiger partial charge in [-0.2, -0.15) is 5.26 Å². The van der Waals surface area contributed by atoms with Crippen LogP contribution in [-0.2, 0) is 10.0 Å². The molecule has 0 spiro atoms. The number of hydrogen-bond acceptors (Lipinski definition) is 6. The van der Waals surface area contributed by atoms with Gasteiger partial charge in [0.05, 0.1) is 29.7 Å². The summed E-state index contributed by atoms with van der Waals surface area (Å²) in [5.41, 5.74) is 0.915. The number of rotatable bonds is 4. The molecule has 0 atom stereocenters. The van der Waals surface area contributed by atoms with Crippen LogP contribution in [0.2, 0.25) is 0 Å². The van der Waals surface area contributed by atoms with Gasteiger partial charge in [-0.05, 0) is 24.3 Å². The molecule has 1 heterocycles. The topological polar surface area (TPSA) is 99.0 Å². The zero-order valence-corrected chi connectivity index (χ0v) is 12.3. The molecule has 0 bridgehead atoms. The van der Waals surface area contributed by atoms with Gasteiger partial charge in [0.2, 0.25) is 5.95 Å². The highest BCUT2D eigenvalue weighted by molar-refractivity contribution is 7.92. The van der Waals surface area contributed by atoms with Crippen molar-refractivity contribution in [3.63, 3.8) is 0 Å². The van der Waals surface area contributed by atoms with Crippen molar-refractivity contribution in [1.82, 2.24) is 9.97 Å². The Kier molecular flexibility index (Phi) is 4.05. The lowest BCUT2D eigenvalue weighted by atomic mass is 10.2. The number of anilines is 2. The van der Waals surface area contributed by atoms with Crippen molar-refractivity contribution in [3.05, 3.63) is 42.2 Å². The summed E-state index contributed by atoms with van der Waals surface area (Å²) in [5, 5.41) is 11.5. The van der Waals surface area contributed by atoms with Gasteiger partial charge in [0.1, 0.15) is 4.90 Å². The standard InChI is InChI=1S/C13H13N5O2S/c1-15-13-16-8-12(9-17-13)21(19,20)18(2)11-5-3-10(7-14)4-6-11/h3-6,8-9H,1-2H3,(H,15,16,17). The first-order chi connectivity index (χ1) is 9.98. The van der Waals surface area contributed by atoms with Crippen molar-refractivity contribution >= 4 is 21.7 Å². The monoisotopic (exact) mass is 303 g/mol. The summed E-state index contributed by atoms with van der Waals surface area (Å²) in [4.78, 5) is 7.79. The number of hydrogen-bond donors (Lipinski definition) is 1. The van der Waals surface area contributed by atoms with Crippen LogP contribution in [0.25, 0.3) is 0 Å². The van der Waals surface area contributed by atoms with Crippen LogP contribution >= 0.6 is 0 Å². The van der Waals surface area contributed by atoms with E-state index in [1.807, 2.05) is 6.07 Å². The van der Waals surface area contributed by atoms with Gasteiger partial charge in [-0.1, -0.05) is 0 Å². The first-order valence-corrected chi connectivity index (χ1v) is 7.42. The van der Waals surface area contributed by atoms with Crippen molar-refractivity contribution in [2.45, 2.75) is 4.90 Å². The van der Waals surface area contributed by atoms with Gasteiger partial charge in [0.25, 0.3) is 10.0 Å². The summed E-state index contributed by atoms with van der Waals surface area (Å²) in [6, 6.07) is 8.23. The lowest BCUT2D eigenvalue weighted by Crippen LogP contribution is -2.26. The van der Waals surface area contributed by atoms with Crippen LogP contribution in [0.3, 0.4) is 0 Å². The fourth-order valence-corrected chi connectivity index (χ4v) is 2.71. The highest BCUT2D eigenvalue weighted by atomic mass is 32.2. The van der Waals surface area contributed by atoms with E-state index in [-0.39, 0.29) is 4.90 Å². The van der Waals surface area contributed by atoms with E-state index in [0.717, 1.165) is 4.31 Å². The SMILES string of the molecule is CNc1ncc(S(=O)(=O)N(C)c2ccc(C#N)cc2)cn1. The minimum Gasteiger partial charge on any atom is -0.357 e. The number of sulfonamides is 1. The molecule has 0 unspecified atom stereocenters. The van der Waals surface area contributed by atoms with E-state index in [1.54, 1.807) is 31.3 Å². The molecule has 0 aliphatic rings. The van der Waals surface area contributed by atoms with Gasteiger partial charge >= 0.3 is 0 Å². The summed E-state index contributed by atoms with van der Waals surface area (Å²) in [6.45, 7) is 0. The average Bonchev–Trinajstić information content (AvgIpc) is 2.54. The molecule has 2 aromatic rings. The summed E-state index contributed by atoms with van der Waals surface area (Å²) in [7, 11) is -0.660. The molecule has 0 saturated carbocycles. The van der Waals surface area contributed by atoms with Gasteiger partial charge in [-0.25, -0.2) is 18.4 Å². The van der Waals surface area contributed by atoms with Gasteiger partial charge in [0, 0.05) is 14.1 Å². The maximum atomic E-state index is 12.4. The van der Waals surface area contributed by atoms with Crippen molar-refractivity contribution in [2.24, 2.45) is 0 Å². The third kappa shape index (κ3) is 2.93. The molecule has 0 aliphatic heterocycles. The molecule has 0 amide bonds. The minimum atomic E-state index is -3.74. The summed E-state index contributed by atoms with van der Waals surface area (Å²) in [6.07, 6.45) is 2.49. The Balaban J connectivity index is 2.34. The maximum Gasteiger partial charge on any atom is 0.267 e.